The van der Waals surface area contributed by atoms with Gasteiger partial charge in [0, 0.05) is 0 Å². The largest absolute Gasteiger partial charge is 0.286 e. The number of rotatable bonds is 0. The van der Waals surface area contributed by atoms with E-state index in [-0.39, 0.29) is 0 Å². The highest BCUT2D eigenvalue weighted by atomic mass is 32.2. The second-order valence-electron chi connectivity index (χ2n) is 0.877. The summed E-state index contributed by atoms with van der Waals surface area (Å²) in [7, 11) is -3.67. The minimum absolute atomic E-state index is 0.715. The van der Waals surface area contributed by atoms with Gasteiger partial charge in [0.2, 0.25) is 0 Å². The van der Waals surface area contributed by atoms with Gasteiger partial charge in [0.25, 0.3) is 10.1 Å². The molecule has 0 radical (unpaired) electrons. The highest BCUT2D eigenvalue weighted by Crippen LogP contribution is 1.60. The van der Waals surface area contributed by atoms with Crippen LogP contribution in [0, 0.1) is 0 Å². The third-order valence-corrected chi connectivity index (χ3v) is 0. The molecule has 5 heteroatoms. The number of hydrogen-bond donors (Lipinski definition) is 1. The minimum atomic E-state index is -3.67. The molecule has 0 spiro atoms. The molecule has 0 bridgehead atoms. The number of carbonyl (C=O) groups excluding carboxylic acids is 1. The fourth-order valence-electron chi connectivity index (χ4n) is 0. The molecular formula is C3H6O4S. The summed E-state index contributed by atoms with van der Waals surface area (Å²) >= 11 is 0. The van der Waals surface area contributed by atoms with Crippen LogP contribution >= 0.6 is 0 Å². The highest BCUT2D eigenvalue weighted by Gasteiger charge is 1.81. The molecule has 0 saturated heterocycles. The Morgan fingerprint density at radius 1 is 1.62 bits per heavy atom. The van der Waals surface area contributed by atoms with Gasteiger partial charge in [-0.3, -0.25) is 4.55 Å². The summed E-state index contributed by atoms with van der Waals surface area (Å²) in [5, 5.41) is 0. The van der Waals surface area contributed by atoms with Crippen molar-refractivity contribution in [1.82, 2.24) is 0 Å². The van der Waals surface area contributed by atoms with Crippen LogP contribution in [0.4, 0.5) is 0 Å². The Balaban J connectivity index is 0. The maximum Gasteiger partial charge on any atom is 0.261 e. The van der Waals surface area contributed by atoms with E-state index in [0.717, 1.165) is 0 Å². The van der Waals surface area contributed by atoms with Crippen LogP contribution in [0.25, 0.3) is 0 Å². The van der Waals surface area contributed by atoms with Crippen molar-refractivity contribution >= 4 is 16.1 Å². The summed E-state index contributed by atoms with van der Waals surface area (Å²) < 4.78 is 25.9. The van der Waals surface area contributed by atoms with E-state index >= 15 is 0 Å². The number of hydrogen-bond acceptors (Lipinski definition) is 3. The molecule has 1 N–H and O–H groups in total. The maximum atomic E-state index is 9.19. The molecule has 0 unspecified atom stereocenters. The third kappa shape index (κ3) is 249. The molecule has 0 rings (SSSR count). The van der Waals surface area contributed by atoms with Gasteiger partial charge < -0.3 is 0 Å². The van der Waals surface area contributed by atoms with Crippen LogP contribution in [0.3, 0.4) is 0 Å². The summed E-state index contributed by atoms with van der Waals surface area (Å²) in [6.45, 7) is 2.68. The molecule has 0 aliphatic rings. The highest BCUT2D eigenvalue weighted by molar-refractivity contribution is 7.85. The smallest absolute Gasteiger partial charge is 0.261 e. The van der Waals surface area contributed by atoms with Crippen molar-refractivity contribution in [2.75, 3.05) is 6.26 Å². The second kappa shape index (κ2) is 4.52. The first-order valence-corrected chi connectivity index (χ1v) is 3.33. The molecule has 4 nitrogen and oxygen atoms in total. The summed E-state index contributed by atoms with van der Waals surface area (Å²) in [4.78, 5) is 8.57. The molecule has 0 aromatic rings. The van der Waals surface area contributed by atoms with E-state index in [1.807, 2.05) is 0 Å². The van der Waals surface area contributed by atoms with Crippen LogP contribution in [0.15, 0.2) is 6.58 Å². The SMILES string of the molecule is C=C=O.CS(=O)(=O)O. The fourth-order valence-corrected chi connectivity index (χ4v) is 0. The van der Waals surface area contributed by atoms with Crippen LogP contribution in [0.1, 0.15) is 0 Å². The lowest BCUT2D eigenvalue weighted by Gasteiger charge is -1.69. The molecule has 0 fully saturated rings. The lowest BCUT2D eigenvalue weighted by molar-refractivity contribution is 0.490. The molecule has 0 heterocycles. The Labute approximate surface area is 47.6 Å². The van der Waals surface area contributed by atoms with E-state index in [4.69, 9.17) is 9.35 Å². The lowest BCUT2D eigenvalue weighted by atomic mass is 11.2. The Bertz CT molecular complexity index is 152. The van der Waals surface area contributed by atoms with Crippen LogP contribution in [-0.4, -0.2) is 25.2 Å². The van der Waals surface area contributed by atoms with Gasteiger partial charge in [-0.2, -0.15) is 8.42 Å². The molecule has 0 aliphatic heterocycles. The van der Waals surface area contributed by atoms with Crippen molar-refractivity contribution in [2.45, 2.75) is 0 Å². The topological polar surface area (TPSA) is 71.4 Å². The maximum absolute atomic E-state index is 9.19. The zero-order chi connectivity index (χ0) is 7.21. The monoisotopic (exact) mass is 138 g/mol. The Morgan fingerprint density at radius 3 is 1.62 bits per heavy atom. The van der Waals surface area contributed by atoms with Crippen molar-refractivity contribution in [3.8, 4) is 0 Å². The fraction of sp³-hybridized carbons (Fsp3) is 0.333. The van der Waals surface area contributed by atoms with Crippen molar-refractivity contribution < 1.29 is 17.8 Å². The quantitative estimate of drug-likeness (QED) is 0.362. The predicted molar refractivity (Wildman–Crippen MR) is 28.8 cm³/mol. The molecule has 0 aliphatic carbocycles. The van der Waals surface area contributed by atoms with Gasteiger partial charge in [-0.05, 0) is 6.58 Å². The lowest BCUT2D eigenvalue weighted by Crippen LogP contribution is -1.88. The average molecular weight is 138 g/mol. The van der Waals surface area contributed by atoms with Gasteiger partial charge in [-0.15, -0.1) is 0 Å². The normalized spacial score (nSPS) is 8.25. The van der Waals surface area contributed by atoms with Gasteiger partial charge in [-0.1, -0.05) is 0 Å². The van der Waals surface area contributed by atoms with Crippen molar-refractivity contribution in [3.63, 3.8) is 0 Å². The van der Waals surface area contributed by atoms with Gasteiger partial charge in [0.05, 0.1) is 6.26 Å². The molecule has 0 amide bonds. The second-order valence-corrected chi connectivity index (χ2v) is 2.34. The van der Waals surface area contributed by atoms with E-state index in [0.29, 0.717) is 6.26 Å². The van der Waals surface area contributed by atoms with E-state index in [1.54, 1.807) is 0 Å². The van der Waals surface area contributed by atoms with Gasteiger partial charge in [0.15, 0.2) is 0 Å². The molecule has 0 aromatic carbocycles. The van der Waals surface area contributed by atoms with Crippen LogP contribution in [0.5, 0.6) is 0 Å². The van der Waals surface area contributed by atoms with Crippen LogP contribution in [-0.2, 0) is 14.9 Å². The summed E-state index contributed by atoms with van der Waals surface area (Å²) in [6, 6.07) is 0. The first-order chi connectivity index (χ1) is 3.41. The Morgan fingerprint density at radius 2 is 1.62 bits per heavy atom. The minimum Gasteiger partial charge on any atom is -0.286 e. The van der Waals surface area contributed by atoms with Crippen LogP contribution in [0.2, 0.25) is 0 Å². The van der Waals surface area contributed by atoms with Crippen LogP contribution < -0.4 is 0 Å². The zero-order valence-corrected chi connectivity index (χ0v) is 5.10. The van der Waals surface area contributed by atoms with Gasteiger partial charge in [-0.25, -0.2) is 4.79 Å². The predicted octanol–water partition coefficient (Wildman–Crippen LogP) is -0.492. The van der Waals surface area contributed by atoms with Crippen molar-refractivity contribution in [3.05, 3.63) is 6.58 Å². The third-order valence-electron chi connectivity index (χ3n) is 0. The van der Waals surface area contributed by atoms with Crippen molar-refractivity contribution in [2.24, 2.45) is 0 Å². The van der Waals surface area contributed by atoms with Gasteiger partial charge in [0.1, 0.15) is 5.94 Å². The van der Waals surface area contributed by atoms with Crippen molar-refractivity contribution in [1.29, 1.82) is 0 Å². The van der Waals surface area contributed by atoms with Gasteiger partial charge >= 0.3 is 0 Å². The van der Waals surface area contributed by atoms with E-state index in [9.17, 15) is 8.42 Å². The average Bonchev–Trinajstić information content (AvgIpc) is 1.27. The Kier molecular flexibility index (Phi) is 5.85. The molecule has 0 saturated carbocycles. The first kappa shape index (κ1) is 10.4. The molecule has 0 atom stereocenters. The molecular weight excluding hydrogens is 132 g/mol. The molecule has 48 valence electrons. The standard InChI is InChI=1S/C2H2O.CH4O3S/c1-2-3;1-5(2,3)4/h1H2;1H3,(H,2,3,4). The molecule has 0 aromatic heterocycles. The summed E-state index contributed by atoms with van der Waals surface area (Å²) in [6.07, 6.45) is 0.715. The first-order valence-electron chi connectivity index (χ1n) is 1.48. The van der Waals surface area contributed by atoms with E-state index < -0.39 is 10.1 Å². The zero-order valence-electron chi connectivity index (χ0n) is 4.29. The molecule has 8 heavy (non-hydrogen) atoms. The van der Waals surface area contributed by atoms with E-state index in [2.05, 4.69) is 6.58 Å². The Hall–Kier alpha value is -0.640. The summed E-state index contributed by atoms with van der Waals surface area (Å²) in [5.41, 5.74) is 0. The summed E-state index contributed by atoms with van der Waals surface area (Å²) in [5.74, 6) is 1.25. The van der Waals surface area contributed by atoms with E-state index in [1.165, 1.54) is 5.94 Å².